The average Bonchev–Trinajstić information content (AvgIpc) is 3.51. The molecule has 2 aromatic heterocycles. The van der Waals surface area contributed by atoms with Crippen LogP contribution >= 0.6 is 0 Å². The molecule has 0 spiro atoms. The number of halogens is 1. The van der Waals surface area contributed by atoms with E-state index in [1.165, 1.54) is 51.6 Å². The Morgan fingerprint density at radius 2 is 1.86 bits per heavy atom. The van der Waals surface area contributed by atoms with Crippen molar-refractivity contribution in [2.45, 2.75) is 56.1 Å². The third-order valence-corrected chi connectivity index (χ3v) is 7.03. The predicted octanol–water partition coefficient (Wildman–Crippen LogP) is 1.89. The van der Waals surface area contributed by atoms with Crippen LogP contribution in [-0.4, -0.2) is 82.4 Å². The number of aromatic amines is 1. The summed E-state index contributed by atoms with van der Waals surface area (Å²) in [5.41, 5.74) is 1.73. The van der Waals surface area contributed by atoms with Gasteiger partial charge in [0, 0.05) is 25.2 Å². The zero-order valence-corrected chi connectivity index (χ0v) is 17.0. The van der Waals surface area contributed by atoms with E-state index < -0.39 is 0 Å². The first kappa shape index (κ1) is 19.0. The summed E-state index contributed by atoms with van der Waals surface area (Å²) < 4.78 is 15.9. The van der Waals surface area contributed by atoms with Gasteiger partial charge in [0.15, 0.2) is 5.65 Å². The summed E-state index contributed by atoms with van der Waals surface area (Å²) in [5, 5.41) is 3.67. The maximum Gasteiger partial charge on any atom is 0.245 e. The molecule has 2 bridgehead atoms. The quantitative estimate of drug-likeness (QED) is 0.807. The number of aromatic nitrogens is 4. The van der Waals surface area contributed by atoms with Crippen LogP contribution in [0.1, 0.15) is 38.5 Å². The number of nitrogens with one attached hydrogen (secondary N) is 2. The molecule has 29 heavy (non-hydrogen) atoms. The fourth-order valence-corrected chi connectivity index (χ4v) is 5.67. The molecule has 0 saturated carbocycles. The Balaban J connectivity index is 0.000000882. The van der Waals surface area contributed by atoms with Gasteiger partial charge in [-0.2, -0.15) is 9.97 Å². The fourth-order valence-electron chi connectivity index (χ4n) is 5.67. The zero-order valence-electron chi connectivity index (χ0n) is 17.0. The molecule has 0 amide bonds. The summed E-state index contributed by atoms with van der Waals surface area (Å²) in [7, 11) is 0.500. The molecule has 2 atom stereocenters. The molecular formula is C20H30FN7O. The Hall–Kier alpha value is -2.00. The first-order valence-corrected chi connectivity index (χ1v) is 10.8. The van der Waals surface area contributed by atoms with Gasteiger partial charge in [-0.3, -0.25) is 9.29 Å². The summed E-state index contributed by atoms with van der Waals surface area (Å²) in [6, 6.07) is 1.10. The second kappa shape index (κ2) is 7.68. The maximum atomic E-state index is 9.50. The number of fused-ring (bicyclic) bond motifs is 4. The molecule has 0 aromatic carbocycles. The van der Waals surface area contributed by atoms with E-state index in [4.69, 9.17) is 14.7 Å². The van der Waals surface area contributed by atoms with Gasteiger partial charge in [-0.05, 0) is 51.6 Å². The number of H-pyrrole nitrogens is 1. The molecule has 2 unspecified atom stereocenters. The van der Waals surface area contributed by atoms with Crippen molar-refractivity contribution >= 4 is 17.1 Å². The van der Waals surface area contributed by atoms with Crippen molar-refractivity contribution in [1.82, 2.24) is 30.2 Å². The first-order valence-electron chi connectivity index (χ1n) is 10.8. The van der Waals surface area contributed by atoms with Crippen LogP contribution in [0.2, 0.25) is 0 Å². The van der Waals surface area contributed by atoms with Crippen LogP contribution in [0.15, 0.2) is 6.33 Å². The average molecular weight is 404 g/mol. The highest BCUT2D eigenvalue weighted by atomic mass is 19.1. The number of rotatable bonds is 4. The number of piperazine rings is 1. The number of hydrogen-bond acceptors (Lipinski definition) is 7. The van der Waals surface area contributed by atoms with E-state index in [2.05, 4.69) is 25.1 Å². The molecule has 4 saturated heterocycles. The third-order valence-electron chi connectivity index (χ3n) is 7.03. The molecule has 0 aliphatic carbocycles. The zero-order chi connectivity index (χ0) is 19.8. The standard InChI is InChI=1S/C19H27N7O.CH3F/c1-5-19(6-2-8-26(19)7-1)11-27-17-15-16(21-12-20-15)23-18(24-17)25-9-13-3-4-14(10-25)22-13;1-2/h12-14,22H,1-11H2,(H,20,21,23,24);1H3. The molecule has 8 nitrogen and oxygen atoms in total. The molecular weight excluding hydrogens is 373 g/mol. The number of nitrogens with zero attached hydrogens (tertiary/aromatic N) is 5. The largest absolute Gasteiger partial charge is 0.474 e. The van der Waals surface area contributed by atoms with Crippen molar-refractivity contribution in [3.8, 4) is 5.88 Å². The molecule has 6 heterocycles. The van der Waals surface area contributed by atoms with Gasteiger partial charge >= 0.3 is 0 Å². The van der Waals surface area contributed by atoms with Crippen LogP contribution in [0.3, 0.4) is 0 Å². The molecule has 9 heteroatoms. The molecule has 2 N–H and O–H groups in total. The van der Waals surface area contributed by atoms with Crippen molar-refractivity contribution in [3.05, 3.63) is 6.33 Å². The van der Waals surface area contributed by atoms with Crippen molar-refractivity contribution in [2.75, 3.05) is 44.9 Å². The third kappa shape index (κ3) is 3.34. The second-order valence-electron chi connectivity index (χ2n) is 8.68. The van der Waals surface area contributed by atoms with Gasteiger partial charge in [-0.1, -0.05) is 0 Å². The van der Waals surface area contributed by atoms with Gasteiger partial charge in [0.2, 0.25) is 11.8 Å². The highest BCUT2D eigenvalue weighted by Crippen LogP contribution is 2.39. The molecule has 0 radical (unpaired) electrons. The Morgan fingerprint density at radius 3 is 2.59 bits per heavy atom. The number of ether oxygens (including phenoxy) is 1. The normalized spacial score (nSPS) is 27.7. The van der Waals surface area contributed by atoms with Crippen LogP contribution in [-0.2, 0) is 0 Å². The van der Waals surface area contributed by atoms with Gasteiger partial charge < -0.3 is 19.9 Å². The van der Waals surface area contributed by atoms with Crippen LogP contribution in [0, 0.1) is 0 Å². The van der Waals surface area contributed by atoms with Crippen LogP contribution in [0.5, 0.6) is 5.88 Å². The van der Waals surface area contributed by atoms with Crippen molar-refractivity contribution < 1.29 is 9.13 Å². The molecule has 4 fully saturated rings. The molecule has 4 aliphatic rings. The molecule has 6 rings (SSSR count). The minimum Gasteiger partial charge on any atom is -0.474 e. The van der Waals surface area contributed by atoms with E-state index >= 15 is 0 Å². The first-order chi connectivity index (χ1) is 14.3. The Kier molecular flexibility index (Phi) is 5.03. The lowest BCUT2D eigenvalue weighted by Gasteiger charge is -2.33. The number of imidazole rings is 1. The smallest absolute Gasteiger partial charge is 0.245 e. The van der Waals surface area contributed by atoms with Gasteiger partial charge in [-0.25, -0.2) is 4.98 Å². The highest BCUT2D eigenvalue weighted by Gasteiger charge is 2.45. The maximum absolute atomic E-state index is 9.50. The lowest BCUT2D eigenvalue weighted by molar-refractivity contribution is 0.111. The van der Waals surface area contributed by atoms with Crippen LogP contribution < -0.4 is 15.0 Å². The Morgan fingerprint density at radius 1 is 1.14 bits per heavy atom. The number of hydrogen-bond donors (Lipinski definition) is 2. The fraction of sp³-hybridized carbons (Fsp3) is 0.750. The van der Waals surface area contributed by atoms with Crippen LogP contribution in [0.4, 0.5) is 10.3 Å². The summed E-state index contributed by atoms with van der Waals surface area (Å²) >= 11 is 0. The van der Waals surface area contributed by atoms with E-state index in [9.17, 15) is 4.39 Å². The molecule has 158 valence electrons. The van der Waals surface area contributed by atoms with Gasteiger partial charge in [0.1, 0.15) is 12.1 Å². The van der Waals surface area contributed by atoms with E-state index in [0.29, 0.717) is 37.4 Å². The summed E-state index contributed by atoms with van der Waals surface area (Å²) in [5.74, 6) is 1.42. The van der Waals surface area contributed by atoms with E-state index in [1.54, 1.807) is 6.33 Å². The van der Waals surface area contributed by atoms with Crippen molar-refractivity contribution in [1.29, 1.82) is 0 Å². The molecule has 4 aliphatic heterocycles. The minimum absolute atomic E-state index is 0.214. The highest BCUT2D eigenvalue weighted by molar-refractivity contribution is 5.77. The lowest BCUT2D eigenvalue weighted by Crippen LogP contribution is -2.51. The van der Waals surface area contributed by atoms with E-state index in [-0.39, 0.29) is 5.54 Å². The van der Waals surface area contributed by atoms with Gasteiger partial charge in [-0.15, -0.1) is 0 Å². The summed E-state index contributed by atoms with van der Waals surface area (Å²) in [6.45, 7) is 5.06. The minimum atomic E-state index is 0.214. The Labute approximate surface area is 170 Å². The SMILES string of the molecule is CF.c1nc2nc(N3CC4CCC(C3)N4)nc(OCC34CCCN3CCC4)c2[nH]1. The monoisotopic (exact) mass is 403 g/mol. The van der Waals surface area contributed by atoms with E-state index in [0.717, 1.165) is 24.6 Å². The van der Waals surface area contributed by atoms with Gasteiger partial charge in [0.05, 0.1) is 19.0 Å². The second-order valence-corrected chi connectivity index (χ2v) is 8.68. The Bertz CT molecular complexity index is 836. The molecule has 2 aromatic rings. The number of alkyl halides is 1. The topological polar surface area (TPSA) is 82.2 Å². The van der Waals surface area contributed by atoms with Crippen LogP contribution in [0.25, 0.3) is 11.2 Å². The summed E-state index contributed by atoms with van der Waals surface area (Å²) in [6.07, 6.45) is 9.20. The van der Waals surface area contributed by atoms with Crippen molar-refractivity contribution in [3.63, 3.8) is 0 Å². The van der Waals surface area contributed by atoms with E-state index in [1.807, 2.05) is 0 Å². The summed E-state index contributed by atoms with van der Waals surface area (Å²) in [4.78, 5) is 22.0. The number of anilines is 1. The lowest BCUT2D eigenvalue weighted by atomic mass is 9.95. The van der Waals surface area contributed by atoms with Gasteiger partial charge in [0.25, 0.3) is 0 Å². The predicted molar refractivity (Wildman–Crippen MR) is 109 cm³/mol. The van der Waals surface area contributed by atoms with Crippen molar-refractivity contribution in [2.24, 2.45) is 0 Å².